The van der Waals surface area contributed by atoms with Crippen LogP contribution in [0.2, 0.25) is 0 Å². The zero-order valence-electron chi connectivity index (χ0n) is 6.40. The molecule has 0 spiro atoms. The molecular weight excluding hydrogens is 140 g/mol. The lowest BCUT2D eigenvalue weighted by molar-refractivity contribution is -0.107. The summed E-state index contributed by atoms with van der Waals surface area (Å²) in [4.78, 5) is 16.0. The molecule has 0 aliphatic carbocycles. The van der Waals surface area contributed by atoms with Gasteiger partial charge < -0.3 is 0 Å². The number of amides is 1. The van der Waals surface area contributed by atoms with Crippen molar-refractivity contribution in [1.82, 2.24) is 4.98 Å². The minimum absolute atomic E-state index is 0.653. The average molecular weight is 150 g/mol. The molecule has 11 heavy (non-hydrogen) atoms. The molecule has 3 nitrogen and oxygen atoms in total. The van der Waals surface area contributed by atoms with Crippen molar-refractivity contribution in [2.24, 2.45) is 0 Å². The van der Waals surface area contributed by atoms with Crippen LogP contribution >= 0.6 is 0 Å². The molecule has 0 aliphatic rings. The number of nitrogens with zero attached hydrogens (tertiary/aromatic N) is 2. The van der Waals surface area contributed by atoms with E-state index in [0.717, 1.165) is 6.41 Å². The van der Waals surface area contributed by atoms with Crippen molar-refractivity contribution in [3.63, 3.8) is 0 Å². The van der Waals surface area contributed by atoms with Crippen molar-refractivity contribution in [2.75, 3.05) is 11.4 Å². The lowest BCUT2D eigenvalue weighted by Crippen LogP contribution is -2.20. The first-order valence-electron chi connectivity index (χ1n) is 3.51. The molecule has 0 fully saturated rings. The standard InChI is InChI=1S/C8H10N2O/c1-2-10(7-11)8-5-3-4-6-9-8/h3-7H,2H2,1H3. The number of carbonyl (C=O) groups is 1. The van der Waals surface area contributed by atoms with Gasteiger partial charge in [0.05, 0.1) is 0 Å². The Bertz CT molecular complexity index is 223. The lowest BCUT2D eigenvalue weighted by Gasteiger charge is -2.11. The highest BCUT2D eigenvalue weighted by Gasteiger charge is 2.00. The number of aromatic nitrogens is 1. The third kappa shape index (κ3) is 1.77. The van der Waals surface area contributed by atoms with E-state index < -0.39 is 0 Å². The molecule has 1 aromatic rings. The molecule has 58 valence electrons. The van der Waals surface area contributed by atoms with Crippen LogP contribution in [0.5, 0.6) is 0 Å². The molecule has 0 unspecified atom stereocenters. The Hall–Kier alpha value is -1.38. The van der Waals surface area contributed by atoms with Crippen LogP contribution in [0, 0.1) is 0 Å². The average Bonchev–Trinajstić information content (AvgIpc) is 2.09. The molecule has 1 heterocycles. The van der Waals surface area contributed by atoms with Gasteiger partial charge in [-0.2, -0.15) is 0 Å². The van der Waals surface area contributed by atoms with E-state index in [-0.39, 0.29) is 0 Å². The summed E-state index contributed by atoms with van der Waals surface area (Å²) in [6, 6.07) is 5.48. The summed E-state index contributed by atoms with van der Waals surface area (Å²) in [5.74, 6) is 0.699. The molecule has 0 aliphatic heterocycles. The van der Waals surface area contributed by atoms with Gasteiger partial charge in [0.2, 0.25) is 6.41 Å². The monoisotopic (exact) mass is 150 g/mol. The van der Waals surface area contributed by atoms with Crippen LogP contribution in [0.1, 0.15) is 6.92 Å². The largest absolute Gasteiger partial charge is 0.300 e. The maximum atomic E-state index is 10.4. The Kier molecular flexibility index (Phi) is 2.60. The van der Waals surface area contributed by atoms with Gasteiger partial charge >= 0.3 is 0 Å². The number of hydrogen-bond acceptors (Lipinski definition) is 2. The lowest BCUT2D eigenvalue weighted by atomic mass is 10.4. The number of rotatable bonds is 3. The fourth-order valence-electron chi connectivity index (χ4n) is 0.814. The zero-order chi connectivity index (χ0) is 8.10. The van der Waals surface area contributed by atoms with E-state index in [9.17, 15) is 4.79 Å². The topological polar surface area (TPSA) is 33.2 Å². The fourth-order valence-corrected chi connectivity index (χ4v) is 0.814. The Morgan fingerprint density at radius 2 is 2.45 bits per heavy atom. The summed E-state index contributed by atoms with van der Waals surface area (Å²) < 4.78 is 0. The molecule has 0 radical (unpaired) electrons. The van der Waals surface area contributed by atoms with Crippen LogP contribution < -0.4 is 4.90 Å². The Balaban J connectivity index is 2.82. The zero-order valence-corrected chi connectivity index (χ0v) is 6.40. The van der Waals surface area contributed by atoms with E-state index in [1.54, 1.807) is 17.2 Å². The van der Waals surface area contributed by atoms with Crippen LogP contribution in [0.15, 0.2) is 24.4 Å². The van der Waals surface area contributed by atoms with E-state index >= 15 is 0 Å². The van der Waals surface area contributed by atoms with Gasteiger partial charge in [-0.3, -0.25) is 9.69 Å². The number of anilines is 1. The summed E-state index contributed by atoms with van der Waals surface area (Å²) in [5, 5.41) is 0. The SMILES string of the molecule is CCN(C=O)c1ccccn1. The summed E-state index contributed by atoms with van der Waals surface area (Å²) >= 11 is 0. The molecule has 0 N–H and O–H groups in total. The second kappa shape index (κ2) is 3.71. The van der Waals surface area contributed by atoms with E-state index in [4.69, 9.17) is 0 Å². The molecule has 0 bridgehead atoms. The maximum Gasteiger partial charge on any atom is 0.215 e. The van der Waals surface area contributed by atoms with E-state index in [1.807, 2.05) is 19.1 Å². The van der Waals surface area contributed by atoms with Crippen LogP contribution in [-0.2, 0) is 4.79 Å². The van der Waals surface area contributed by atoms with Crippen molar-refractivity contribution in [2.45, 2.75) is 6.92 Å². The van der Waals surface area contributed by atoms with Gasteiger partial charge in [0, 0.05) is 12.7 Å². The van der Waals surface area contributed by atoms with Gasteiger partial charge in [-0.25, -0.2) is 4.98 Å². The van der Waals surface area contributed by atoms with Gasteiger partial charge in [0.25, 0.3) is 0 Å². The maximum absolute atomic E-state index is 10.4. The van der Waals surface area contributed by atoms with Crippen LogP contribution in [0.25, 0.3) is 0 Å². The fraction of sp³-hybridized carbons (Fsp3) is 0.250. The van der Waals surface area contributed by atoms with E-state index in [1.165, 1.54) is 0 Å². The highest BCUT2D eigenvalue weighted by Crippen LogP contribution is 2.05. The summed E-state index contributed by atoms with van der Waals surface area (Å²) in [7, 11) is 0. The van der Waals surface area contributed by atoms with Crippen molar-refractivity contribution < 1.29 is 4.79 Å². The number of carbonyl (C=O) groups excluding carboxylic acids is 1. The predicted molar refractivity (Wildman–Crippen MR) is 43.3 cm³/mol. The molecule has 1 rings (SSSR count). The molecule has 1 aromatic heterocycles. The predicted octanol–water partition coefficient (Wildman–Crippen LogP) is 1.06. The van der Waals surface area contributed by atoms with Gasteiger partial charge in [0.1, 0.15) is 5.82 Å². The second-order valence-corrected chi connectivity index (χ2v) is 2.08. The molecule has 3 heteroatoms. The van der Waals surface area contributed by atoms with Crippen LogP contribution in [-0.4, -0.2) is 17.9 Å². The first kappa shape index (κ1) is 7.72. The molecular formula is C8H10N2O. The van der Waals surface area contributed by atoms with Crippen LogP contribution in [0.4, 0.5) is 5.82 Å². The van der Waals surface area contributed by atoms with Gasteiger partial charge in [0.15, 0.2) is 0 Å². The first-order chi connectivity index (χ1) is 5.38. The quantitative estimate of drug-likeness (QED) is 0.604. The van der Waals surface area contributed by atoms with Gasteiger partial charge in [-0.05, 0) is 19.1 Å². The normalized spacial score (nSPS) is 9.18. The molecule has 0 saturated carbocycles. The van der Waals surface area contributed by atoms with Crippen molar-refractivity contribution >= 4 is 12.2 Å². The first-order valence-corrected chi connectivity index (χ1v) is 3.51. The molecule has 0 atom stereocenters. The molecule has 1 amide bonds. The highest BCUT2D eigenvalue weighted by atomic mass is 16.1. The summed E-state index contributed by atoms with van der Waals surface area (Å²) in [5.41, 5.74) is 0. The Labute approximate surface area is 65.7 Å². The number of hydrogen-bond donors (Lipinski definition) is 0. The van der Waals surface area contributed by atoms with E-state index in [0.29, 0.717) is 12.4 Å². The minimum Gasteiger partial charge on any atom is -0.300 e. The highest BCUT2D eigenvalue weighted by molar-refractivity contribution is 5.72. The summed E-state index contributed by atoms with van der Waals surface area (Å²) in [6.07, 6.45) is 2.45. The number of pyridine rings is 1. The second-order valence-electron chi connectivity index (χ2n) is 2.08. The van der Waals surface area contributed by atoms with Gasteiger partial charge in [-0.1, -0.05) is 6.07 Å². The molecule has 0 saturated heterocycles. The third-order valence-corrected chi connectivity index (χ3v) is 1.41. The van der Waals surface area contributed by atoms with Crippen molar-refractivity contribution in [3.05, 3.63) is 24.4 Å². The van der Waals surface area contributed by atoms with Crippen molar-refractivity contribution in [1.29, 1.82) is 0 Å². The van der Waals surface area contributed by atoms with Crippen LogP contribution in [0.3, 0.4) is 0 Å². The molecule has 0 aromatic carbocycles. The van der Waals surface area contributed by atoms with Crippen molar-refractivity contribution in [3.8, 4) is 0 Å². The minimum atomic E-state index is 0.653. The Morgan fingerprint density at radius 1 is 1.64 bits per heavy atom. The Morgan fingerprint density at radius 3 is 2.91 bits per heavy atom. The smallest absolute Gasteiger partial charge is 0.215 e. The van der Waals surface area contributed by atoms with E-state index in [2.05, 4.69) is 4.98 Å². The van der Waals surface area contributed by atoms with Gasteiger partial charge in [-0.15, -0.1) is 0 Å². The summed E-state index contributed by atoms with van der Waals surface area (Å²) in [6.45, 7) is 2.56. The third-order valence-electron chi connectivity index (χ3n) is 1.41.